The number of rotatable bonds is 6. The van der Waals surface area contributed by atoms with Gasteiger partial charge < -0.3 is 15.5 Å². The van der Waals surface area contributed by atoms with Crippen LogP contribution in [0.5, 0.6) is 0 Å². The van der Waals surface area contributed by atoms with Crippen molar-refractivity contribution in [2.45, 2.75) is 32.9 Å². The lowest BCUT2D eigenvalue weighted by Gasteiger charge is -2.11. The van der Waals surface area contributed by atoms with Crippen molar-refractivity contribution in [3.05, 3.63) is 29.7 Å². The van der Waals surface area contributed by atoms with E-state index in [9.17, 15) is 4.79 Å². The lowest BCUT2D eigenvalue weighted by Crippen LogP contribution is -2.30. The maximum absolute atomic E-state index is 10.8. The molecule has 1 amide bonds. The molecule has 1 unspecified atom stereocenters. The van der Waals surface area contributed by atoms with Crippen LogP contribution >= 0.6 is 0 Å². The predicted octanol–water partition coefficient (Wildman–Crippen LogP) is 1.33. The Balaban J connectivity index is 2.02. The fourth-order valence-electron chi connectivity index (χ4n) is 1.89. The summed E-state index contributed by atoms with van der Waals surface area (Å²) in [5, 5.41) is 10.2. The molecule has 2 heterocycles. The molecule has 0 aliphatic carbocycles. The molecule has 4 N–H and O–H groups in total. The summed E-state index contributed by atoms with van der Waals surface area (Å²) in [7, 11) is 0. The van der Waals surface area contributed by atoms with Gasteiger partial charge in [-0.1, -0.05) is 0 Å². The van der Waals surface area contributed by atoms with Gasteiger partial charge in [0, 0.05) is 24.6 Å². The Morgan fingerprint density at radius 3 is 3.00 bits per heavy atom. The molecule has 102 valence electrons. The van der Waals surface area contributed by atoms with Crippen LogP contribution in [0.3, 0.4) is 0 Å². The number of carbonyl (C=O) groups excluding carboxylic acids is 1. The van der Waals surface area contributed by atoms with Crippen LogP contribution in [0.4, 0.5) is 0 Å². The first-order chi connectivity index (χ1) is 9.06. The average Bonchev–Trinajstić information content (AvgIpc) is 2.93. The van der Waals surface area contributed by atoms with Gasteiger partial charge in [0.05, 0.1) is 6.20 Å². The number of hydrogen-bond donors (Lipinski definition) is 3. The highest BCUT2D eigenvalue weighted by Gasteiger charge is 2.12. The van der Waals surface area contributed by atoms with E-state index in [1.165, 1.54) is 0 Å². The molecule has 0 saturated carbocycles. The third kappa shape index (κ3) is 3.45. The van der Waals surface area contributed by atoms with Crippen LogP contribution < -0.4 is 11.1 Å². The number of carbonyl (C=O) groups is 1. The van der Waals surface area contributed by atoms with E-state index >= 15 is 0 Å². The number of H-pyrrole nitrogens is 1. The minimum atomic E-state index is -0.311. The molecule has 0 fully saturated rings. The Morgan fingerprint density at radius 1 is 1.58 bits per heavy atom. The molecule has 2 aromatic heterocycles. The third-order valence-corrected chi connectivity index (χ3v) is 2.85. The smallest absolute Gasteiger partial charge is 0.218 e. The van der Waals surface area contributed by atoms with E-state index < -0.39 is 0 Å². The summed E-state index contributed by atoms with van der Waals surface area (Å²) in [4.78, 5) is 10.8. The van der Waals surface area contributed by atoms with Crippen molar-refractivity contribution in [3.63, 3.8) is 0 Å². The largest absolute Gasteiger partial charge is 0.460 e. The molecule has 0 saturated heterocycles. The Morgan fingerprint density at radius 2 is 2.37 bits per heavy atom. The molecule has 2 aromatic rings. The molecule has 0 spiro atoms. The van der Waals surface area contributed by atoms with Gasteiger partial charge in [0.15, 0.2) is 5.76 Å². The molecular formula is C13H18N4O2. The van der Waals surface area contributed by atoms with E-state index in [1.54, 1.807) is 6.20 Å². The van der Waals surface area contributed by atoms with Crippen molar-refractivity contribution < 1.29 is 9.21 Å². The summed E-state index contributed by atoms with van der Waals surface area (Å²) in [5.41, 5.74) is 7.00. The standard InChI is InChI=1S/C13H18N4O2/c1-8(5-12(14)18)15-6-10-7-16-17-13(10)11-4-3-9(2)19-11/h3-4,7-8,15H,5-6H2,1-2H3,(H2,14,18)(H,16,17). The van der Waals surface area contributed by atoms with E-state index in [4.69, 9.17) is 10.2 Å². The minimum Gasteiger partial charge on any atom is -0.460 e. The van der Waals surface area contributed by atoms with Crippen molar-refractivity contribution in [1.82, 2.24) is 15.5 Å². The first-order valence-corrected chi connectivity index (χ1v) is 6.17. The second-order valence-corrected chi connectivity index (χ2v) is 4.63. The Hall–Kier alpha value is -2.08. The summed E-state index contributed by atoms with van der Waals surface area (Å²) in [5.74, 6) is 1.30. The maximum Gasteiger partial charge on any atom is 0.218 e. The first-order valence-electron chi connectivity index (χ1n) is 6.17. The zero-order chi connectivity index (χ0) is 13.8. The molecule has 0 radical (unpaired) electrons. The number of nitrogens with one attached hydrogen (secondary N) is 2. The molecule has 6 nitrogen and oxygen atoms in total. The number of hydrogen-bond acceptors (Lipinski definition) is 4. The molecule has 19 heavy (non-hydrogen) atoms. The number of nitrogens with two attached hydrogens (primary N) is 1. The topological polar surface area (TPSA) is 96.9 Å². The van der Waals surface area contributed by atoms with Gasteiger partial charge in [-0.25, -0.2) is 0 Å². The summed E-state index contributed by atoms with van der Waals surface area (Å²) in [6.45, 7) is 4.41. The highest BCUT2D eigenvalue weighted by atomic mass is 16.3. The third-order valence-electron chi connectivity index (χ3n) is 2.85. The number of aromatic nitrogens is 2. The van der Waals surface area contributed by atoms with Crippen molar-refractivity contribution >= 4 is 5.91 Å². The number of nitrogens with zero attached hydrogens (tertiary/aromatic N) is 1. The molecule has 0 aliphatic rings. The van der Waals surface area contributed by atoms with Gasteiger partial charge in [0.2, 0.25) is 5.91 Å². The molecular weight excluding hydrogens is 244 g/mol. The van der Waals surface area contributed by atoms with Crippen LogP contribution in [0.15, 0.2) is 22.7 Å². The highest BCUT2D eigenvalue weighted by Crippen LogP contribution is 2.23. The van der Waals surface area contributed by atoms with Gasteiger partial charge in [0.1, 0.15) is 11.5 Å². The fraction of sp³-hybridized carbons (Fsp3) is 0.385. The number of aromatic amines is 1. The highest BCUT2D eigenvalue weighted by molar-refractivity contribution is 5.74. The number of furan rings is 1. The quantitative estimate of drug-likeness (QED) is 0.731. The van der Waals surface area contributed by atoms with E-state index in [-0.39, 0.29) is 11.9 Å². The lowest BCUT2D eigenvalue weighted by molar-refractivity contribution is -0.118. The van der Waals surface area contributed by atoms with Crippen LogP contribution in [0.25, 0.3) is 11.5 Å². The van der Waals surface area contributed by atoms with Gasteiger partial charge >= 0.3 is 0 Å². The van der Waals surface area contributed by atoms with E-state index in [1.807, 2.05) is 26.0 Å². The van der Waals surface area contributed by atoms with Crippen LogP contribution in [0, 0.1) is 6.92 Å². The van der Waals surface area contributed by atoms with Gasteiger partial charge in [-0.3, -0.25) is 9.89 Å². The molecule has 0 bridgehead atoms. The molecule has 6 heteroatoms. The summed E-state index contributed by atoms with van der Waals surface area (Å²) < 4.78 is 5.57. The summed E-state index contributed by atoms with van der Waals surface area (Å²) >= 11 is 0. The van der Waals surface area contributed by atoms with E-state index in [0.29, 0.717) is 13.0 Å². The monoisotopic (exact) mass is 262 g/mol. The summed E-state index contributed by atoms with van der Waals surface area (Å²) in [6, 6.07) is 3.83. The number of aryl methyl sites for hydroxylation is 1. The van der Waals surface area contributed by atoms with Gasteiger partial charge in [-0.2, -0.15) is 5.10 Å². The van der Waals surface area contributed by atoms with Crippen molar-refractivity contribution in [1.29, 1.82) is 0 Å². The molecule has 1 atom stereocenters. The predicted molar refractivity (Wildman–Crippen MR) is 71.1 cm³/mol. The Labute approximate surface area is 111 Å². The van der Waals surface area contributed by atoms with Gasteiger partial charge in [0.25, 0.3) is 0 Å². The number of primary amides is 1. The zero-order valence-corrected chi connectivity index (χ0v) is 11.1. The van der Waals surface area contributed by atoms with E-state index in [0.717, 1.165) is 22.8 Å². The Kier molecular flexibility index (Phi) is 4.01. The van der Waals surface area contributed by atoms with Crippen LogP contribution in [-0.2, 0) is 11.3 Å². The first kappa shape index (κ1) is 13.4. The lowest BCUT2D eigenvalue weighted by atomic mass is 10.2. The van der Waals surface area contributed by atoms with Crippen LogP contribution in [0.1, 0.15) is 24.7 Å². The molecule has 0 aromatic carbocycles. The second kappa shape index (κ2) is 5.71. The van der Waals surface area contributed by atoms with E-state index in [2.05, 4.69) is 15.5 Å². The van der Waals surface area contributed by atoms with Crippen molar-refractivity contribution in [2.75, 3.05) is 0 Å². The van der Waals surface area contributed by atoms with Crippen LogP contribution in [-0.4, -0.2) is 22.1 Å². The fourth-order valence-corrected chi connectivity index (χ4v) is 1.89. The Bertz CT molecular complexity index is 558. The molecule has 2 rings (SSSR count). The zero-order valence-electron chi connectivity index (χ0n) is 11.1. The van der Waals surface area contributed by atoms with Crippen molar-refractivity contribution in [2.24, 2.45) is 5.73 Å². The second-order valence-electron chi connectivity index (χ2n) is 4.63. The maximum atomic E-state index is 10.8. The SMILES string of the molecule is Cc1ccc(-c2[nH]ncc2CNC(C)CC(N)=O)o1. The van der Waals surface area contributed by atoms with Crippen LogP contribution in [0.2, 0.25) is 0 Å². The summed E-state index contributed by atoms with van der Waals surface area (Å²) in [6.07, 6.45) is 2.06. The number of amides is 1. The van der Waals surface area contributed by atoms with Gasteiger partial charge in [-0.05, 0) is 26.0 Å². The van der Waals surface area contributed by atoms with Gasteiger partial charge in [-0.15, -0.1) is 0 Å². The average molecular weight is 262 g/mol. The van der Waals surface area contributed by atoms with Crippen molar-refractivity contribution in [3.8, 4) is 11.5 Å². The minimum absolute atomic E-state index is 0.0265. The normalized spacial score (nSPS) is 12.5. The molecule has 0 aliphatic heterocycles.